The maximum absolute atomic E-state index is 12.7. The Morgan fingerprint density at radius 1 is 1.38 bits per heavy atom. The van der Waals surface area contributed by atoms with Crippen molar-refractivity contribution in [2.45, 2.75) is 38.1 Å². The van der Waals surface area contributed by atoms with E-state index in [0.717, 1.165) is 32.6 Å². The number of hydrogen-bond donors (Lipinski definition) is 2. The molecule has 4 rings (SSSR count). The van der Waals surface area contributed by atoms with Crippen molar-refractivity contribution in [2.75, 3.05) is 33.2 Å². The van der Waals surface area contributed by atoms with Gasteiger partial charge in [-0.25, -0.2) is 0 Å². The predicted molar refractivity (Wildman–Crippen MR) is 113 cm³/mol. The van der Waals surface area contributed by atoms with Crippen LogP contribution in [0.15, 0.2) is 17.5 Å². The summed E-state index contributed by atoms with van der Waals surface area (Å²) in [6.07, 6.45) is 5.91. The van der Waals surface area contributed by atoms with Gasteiger partial charge in [0.2, 0.25) is 5.91 Å². The average molecular weight is 420 g/mol. The Balaban J connectivity index is 0.00000121. The van der Waals surface area contributed by atoms with Crippen LogP contribution in [0, 0.1) is 17.3 Å². The number of nitrogens with zero attached hydrogens (tertiary/aromatic N) is 1. The van der Waals surface area contributed by atoms with Gasteiger partial charge in [0, 0.05) is 23.4 Å². The van der Waals surface area contributed by atoms with E-state index < -0.39 is 0 Å². The molecule has 0 bridgehead atoms. The van der Waals surface area contributed by atoms with Crippen molar-refractivity contribution in [2.24, 2.45) is 17.3 Å². The van der Waals surface area contributed by atoms with E-state index in [1.54, 1.807) is 0 Å². The van der Waals surface area contributed by atoms with E-state index in [1.165, 1.54) is 30.6 Å². The fraction of sp³-hybridized carbons (Fsp3) is 0.737. The van der Waals surface area contributed by atoms with Crippen molar-refractivity contribution in [1.82, 2.24) is 15.5 Å². The quantitative estimate of drug-likeness (QED) is 0.784. The van der Waals surface area contributed by atoms with Crippen LogP contribution in [0.1, 0.15) is 43.0 Å². The van der Waals surface area contributed by atoms with Crippen LogP contribution >= 0.6 is 36.2 Å². The number of halogens is 2. The van der Waals surface area contributed by atoms with E-state index in [0.29, 0.717) is 23.3 Å². The summed E-state index contributed by atoms with van der Waals surface area (Å²) in [5.41, 5.74) is 0.339. The number of rotatable bonds is 4. The van der Waals surface area contributed by atoms with Gasteiger partial charge in [-0.05, 0) is 81.6 Å². The summed E-state index contributed by atoms with van der Waals surface area (Å²) in [6, 6.07) is 4.85. The van der Waals surface area contributed by atoms with E-state index in [4.69, 9.17) is 0 Å². The van der Waals surface area contributed by atoms with E-state index in [-0.39, 0.29) is 30.7 Å². The van der Waals surface area contributed by atoms with Crippen LogP contribution in [-0.2, 0) is 4.79 Å². The molecule has 26 heavy (non-hydrogen) atoms. The predicted octanol–water partition coefficient (Wildman–Crippen LogP) is 3.48. The van der Waals surface area contributed by atoms with Crippen LogP contribution in [0.25, 0.3) is 0 Å². The van der Waals surface area contributed by atoms with Gasteiger partial charge in [0.25, 0.3) is 0 Å². The first kappa shape index (κ1) is 22.0. The van der Waals surface area contributed by atoms with Crippen molar-refractivity contribution in [1.29, 1.82) is 0 Å². The van der Waals surface area contributed by atoms with Crippen LogP contribution in [0.3, 0.4) is 0 Å². The molecular weight excluding hydrogens is 389 g/mol. The van der Waals surface area contributed by atoms with Gasteiger partial charge in [0.05, 0.1) is 0 Å². The highest BCUT2D eigenvalue weighted by Gasteiger charge is 2.57. The summed E-state index contributed by atoms with van der Waals surface area (Å²) < 4.78 is 0. The molecule has 3 fully saturated rings. The zero-order valence-electron chi connectivity index (χ0n) is 15.4. The first-order chi connectivity index (χ1) is 11.7. The molecule has 3 unspecified atom stereocenters. The van der Waals surface area contributed by atoms with Gasteiger partial charge < -0.3 is 10.6 Å². The Kier molecular flexibility index (Phi) is 7.81. The smallest absolute Gasteiger partial charge is 0.223 e. The molecule has 1 amide bonds. The minimum absolute atomic E-state index is 0. The van der Waals surface area contributed by atoms with Crippen LogP contribution in [0.2, 0.25) is 0 Å². The number of thiophene rings is 1. The maximum atomic E-state index is 12.7. The molecule has 0 radical (unpaired) electrons. The zero-order chi connectivity index (χ0) is 16.6. The Morgan fingerprint density at radius 2 is 2.15 bits per heavy atom. The fourth-order valence-electron chi connectivity index (χ4n) is 4.93. The van der Waals surface area contributed by atoms with Crippen LogP contribution in [-0.4, -0.2) is 44.0 Å². The summed E-state index contributed by atoms with van der Waals surface area (Å²) in [7, 11) is 2.23. The van der Waals surface area contributed by atoms with Crippen LogP contribution in [0.5, 0.6) is 0 Å². The Bertz CT molecular complexity index is 577. The standard InChI is InChI=1S/C19H29N3OS.2ClH/c1-22-10-2-4-14(17(22)16-5-3-11-24-16)13-21-18(23)15-12-19(15)6-8-20-9-7-19;;/h3,5,11,14-15,17,20H,2,4,6-10,12-13H2,1H3,(H,21,23);2*1H. The lowest BCUT2D eigenvalue weighted by molar-refractivity contribution is -0.123. The number of piperidine rings is 2. The number of carbonyl (C=O) groups is 1. The normalized spacial score (nSPS) is 30.1. The van der Waals surface area contributed by atoms with Gasteiger partial charge in [0.1, 0.15) is 0 Å². The fourth-order valence-corrected chi connectivity index (χ4v) is 5.92. The lowest BCUT2D eigenvalue weighted by Crippen LogP contribution is -2.42. The molecule has 1 saturated carbocycles. The SMILES string of the molecule is CN1CCCC(CNC(=O)C2CC23CCNCC3)C1c1cccs1.Cl.Cl. The Morgan fingerprint density at radius 3 is 2.85 bits per heavy atom. The average Bonchev–Trinajstić information content (AvgIpc) is 3.04. The highest BCUT2D eigenvalue weighted by Crippen LogP contribution is 2.58. The second kappa shape index (κ2) is 9.24. The van der Waals surface area contributed by atoms with Gasteiger partial charge in [-0.1, -0.05) is 6.07 Å². The number of nitrogens with one attached hydrogen (secondary N) is 2. The third kappa shape index (κ3) is 4.39. The molecule has 3 aliphatic rings. The molecule has 1 spiro atoms. The number of likely N-dealkylation sites (tertiary alicyclic amines) is 1. The Labute approximate surface area is 173 Å². The van der Waals surface area contributed by atoms with Crippen molar-refractivity contribution < 1.29 is 4.79 Å². The highest BCUT2D eigenvalue weighted by molar-refractivity contribution is 7.10. The Hall–Kier alpha value is -0.330. The molecule has 3 heterocycles. The van der Waals surface area contributed by atoms with Crippen molar-refractivity contribution in [3.63, 3.8) is 0 Å². The van der Waals surface area contributed by atoms with Gasteiger partial charge in [0.15, 0.2) is 0 Å². The van der Waals surface area contributed by atoms with E-state index in [1.807, 2.05) is 11.3 Å². The molecule has 2 N–H and O–H groups in total. The monoisotopic (exact) mass is 419 g/mol. The van der Waals surface area contributed by atoms with Gasteiger partial charge >= 0.3 is 0 Å². The first-order valence-electron chi connectivity index (χ1n) is 9.42. The molecule has 148 valence electrons. The van der Waals surface area contributed by atoms with Gasteiger partial charge in [-0.15, -0.1) is 36.2 Å². The second-order valence-electron chi connectivity index (χ2n) is 7.96. The third-order valence-corrected chi connectivity index (χ3v) is 7.43. The molecule has 1 aliphatic carbocycles. The van der Waals surface area contributed by atoms with Gasteiger partial charge in [-0.2, -0.15) is 0 Å². The van der Waals surface area contributed by atoms with Crippen LogP contribution in [0.4, 0.5) is 0 Å². The molecule has 7 heteroatoms. The molecular formula is C19H31Cl2N3OS. The maximum Gasteiger partial charge on any atom is 0.223 e. The topological polar surface area (TPSA) is 44.4 Å². The molecule has 1 aromatic rings. The molecule has 3 atom stereocenters. The lowest BCUT2D eigenvalue weighted by atomic mass is 9.88. The number of amides is 1. The summed E-state index contributed by atoms with van der Waals surface area (Å²) >= 11 is 1.85. The minimum atomic E-state index is 0. The van der Waals surface area contributed by atoms with Crippen LogP contribution < -0.4 is 10.6 Å². The van der Waals surface area contributed by atoms with Crippen molar-refractivity contribution in [3.05, 3.63) is 22.4 Å². The molecule has 4 nitrogen and oxygen atoms in total. The molecule has 2 aliphatic heterocycles. The van der Waals surface area contributed by atoms with E-state index in [2.05, 4.69) is 40.1 Å². The highest BCUT2D eigenvalue weighted by atomic mass is 35.5. The third-order valence-electron chi connectivity index (χ3n) is 6.49. The van der Waals surface area contributed by atoms with E-state index in [9.17, 15) is 4.79 Å². The molecule has 1 aromatic heterocycles. The second-order valence-corrected chi connectivity index (χ2v) is 8.94. The molecule has 0 aromatic carbocycles. The summed E-state index contributed by atoms with van der Waals surface area (Å²) in [6.45, 7) is 4.15. The number of carbonyl (C=O) groups excluding carboxylic acids is 1. The minimum Gasteiger partial charge on any atom is -0.355 e. The largest absolute Gasteiger partial charge is 0.355 e. The lowest BCUT2D eigenvalue weighted by Gasteiger charge is -2.39. The van der Waals surface area contributed by atoms with Crippen molar-refractivity contribution >= 4 is 42.1 Å². The van der Waals surface area contributed by atoms with Crippen molar-refractivity contribution in [3.8, 4) is 0 Å². The summed E-state index contributed by atoms with van der Waals surface area (Å²) in [5, 5.41) is 8.90. The zero-order valence-corrected chi connectivity index (χ0v) is 17.9. The number of hydrogen-bond acceptors (Lipinski definition) is 4. The molecule has 2 saturated heterocycles. The summed E-state index contributed by atoms with van der Waals surface area (Å²) in [5.74, 6) is 1.13. The van der Waals surface area contributed by atoms with Gasteiger partial charge in [-0.3, -0.25) is 9.69 Å². The summed E-state index contributed by atoms with van der Waals surface area (Å²) in [4.78, 5) is 16.6. The first-order valence-corrected chi connectivity index (χ1v) is 10.3. The van der Waals surface area contributed by atoms with E-state index >= 15 is 0 Å².